The molecule has 0 saturated carbocycles. The Balaban J connectivity index is 4.38. The monoisotopic (exact) mass is 203 g/mol. The summed E-state index contributed by atoms with van der Waals surface area (Å²) in [6.45, 7) is 5.21. The number of carboxylic acid groups (broad SMARTS) is 1. The van der Waals surface area contributed by atoms with E-state index in [-0.39, 0.29) is 13.0 Å². The molecule has 14 heavy (non-hydrogen) atoms. The van der Waals surface area contributed by atoms with E-state index < -0.39 is 23.5 Å². The van der Waals surface area contributed by atoms with Crippen molar-refractivity contribution in [3.8, 4) is 0 Å². The molecular formula is C9H17NO4. The summed E-state index contributed by atoms with van der Waals surface area (Å²) in [4.78, 5) is 22.0. The van der Waals surface area contributed by atoms with Crippen molar-refractivity contribution in [2.24, 2.45) is 11.7 Å². The molecule has 0 aromatic rings. The molecule has 3 N–H and O–H groups in total. The van der Waals surface area contributed by atoms with E-state index in [1.54, 1.807) is 20.8 Å². The van der Waals surface area contributed by atoms with Crippen LogP contribution < -0.4 is 5.73 Å². The van der Waals surface area contributed by atoms with Gasteiger partial charge in [-0.1, -0.05) is 0 Å². The standard InChI is InChI=1S/C9H17NO4/c1-9(2,3)14-8(13)6(4-5-10)7(11)12/h6H,4-5,10H2,1-3H3,(H,11,12). The van der Waals surface area contributed by atoms with Gasteiger partial charge in [-0.25, -0.2) is 0 Å². The zero-order valence-electron chi connectivity index (χ0n) is 8.74. The Labute approximate surface area is 83.2 Å². The quantitative estimate of drug-likeness (QED) is 0.509. The zero-order valence-corrected chi connectivity index (χ0v) is 8.74. The molecule has 5 nitrogen and oxygen atoms in total. The summed E-state index contributed by atoms with van der Waals surface area (Å²) >= 11 is 0. The van der Waals surface area contributed by atoms with Gasteiger partial charge in [0, 0.05) is 0 Å². The molecule has 0 rings (SSSR count). The lowest BCUT2D eigenvalue weighted by Gasteiger charge is -2.21. The predicted octanol–water partition coefficient (Wildman–Crippen LogP) is 0.378. The second kappa shape index (κ2) is 4.95. The SMILES string of the molecule is CC(C)(C)OC(=O)C(CCN)C(=O)O. The third-order valence-electron chi connectivity index (χ3n) is 1.44. The van der Waals surface area contributed by atoms with Crippen LogP contribution in [-0.4, -0.2) is 29.2 Å². The molecule has 0 radical (unpaired) electrons. The second-order valence-corrected chi connectivity index (χ2v) is 4.00. The number of hydrogen-bond donors (Lipinski definition) is 2. The van der Waals surface area contributed by atoms with Crippen molar-refractivity contribution in [1.82, 2.24) is 0 Å². The molecule has 0 amide bonds. The summed E-state index contributed by atoms with van der Waals surface area (Å²) in [5.41, 5.74) is 4.53. The zero-order chi connectivity index (χ0) is 11.4. The van der Waals surface area contributed by atoms with Gasteiger partial charge in [-0.15, -0.1) is 0 Å². The maximum absolute atomic E-state index is 11.3. The molecule has 0 heterocycles. The summed E-state index contributed by atoms with van der Waals surface area (Å²) in [5.74, 6) is -3.07. The van der Waals surface area contributed by atoms with E-state index >= 15 is 0 Å². The molecule has 5 heteroatoms. The normalized spacial score (nSPS) is 13.4. The predicted molar refractivity (Wildman–Crippen MR) is 50.6 cm³/mol. The van der Waals surface area contributed by atoms with Gasteiger partial charge >= 0.3 is 11.9 Å². The number of nitrogens with two attached hydrogens (primary N) is 1. The number of hydrogen-bond acceptors (Lipinski definition) is 4. The topological polar surface area (TPSA) is 89.6 Å². The van der Waals surface area contributed by atoms with Crippen molar-refractivity contribution >= 4 is 11.9 Å². The Bertz CT molecular complexity index is 219. The number of carbonyl (C=O) groups excluding carboxylic acids is 1. The van der Waals surface area contributed by atoms with E-state index in [2.05, 4.69) is 0 Å². The lowest BCUT2D eigenvalue weighted by Crippen LogP contribution is -2.33. The average molecular weight is 203 g/mol. The first kappa shape index (κ1) is 12.9. The van der Waals surface area contributed by atoms with Gasteiger partial charge in [0.05, 0.1) is 0 Å². The highest BCUT2D eigenvalue weighted by molar-refractivity contribution is 5.94. The highest BCUT2D eigenvalue weighted by atomic mass is 16.6. The Morgan fingerprint density at radius 2 is 1.93 bits per heavy atom. The summed E-state index contributed by atoms with van der Waals surface area (Å²) < 4.78 is 4.94. The van der Waals surface area contributed by atoms with Crippen molar-refractivity contribution < 1.29 is 19.4 Å². The van der Waals surface area contributed by atoms with Crippen LogP contribution in [-0.2, 0) is 14.3 Å². The van der Waals surface area contributed by atoms with Crippen LogP contribution in [0.25, 0.3) is 0 Å². The highest BCUT2D eigenvalue weighted by Crippen LogP contribution is 2.13. The third-order valence-corrected chi connectivity index (χ3v) is 1.44. The molecule has 82 valence electrons. The molecule has 0 fully saturated rings. The Morgan fingerprint density at radius 3 is 2.21 bits per heavy atom. The molecule has 0 aliphatic heterocycles. The largest absolute Gasteiger partial charge is 0.481 e. The molecule has 0 saturated heterocycles. The molecule has 0 aromatic carbocycles. The minimum Gasteiger partial charge on any atom is -0.481 e. The molecular weight excluding hydrogens is 186 g/mol. The van der Waals surface area contributed by atoms with Crippen LogP contribution in [0.3, 0.4) is 0 Å². The first-order chi connectivity index (χ1) is 6.28. The molecule has 0 aromatic heterocycles. The lowest BCUT2D eigenvalue weighted by molar-refractivity contribution is -0.166. The van der Waals surface area contributed by atoms with E-state index in [1.807, 2.05) is 0 Å². The first-order valence-electron chi connectivity index (χ1n) is 4.43. The van der Waals surface area contributed by atoms with Crippen LogP contribution in [0.4, 0.5) is 0 Å². The van der Waals surface area contributed by atoms with Crippen LogP contribution in [0.1, 0.15) is 27.2 Å². The van der Waals surface area contributed by atoms with E-state index in [4.69, 9.17) is 15.6 Å². The van der Waals surface area contributed by atoms with E-state index in [9.17, 15) is 9.59 Å². The number of carboxylic acids is 1. The summed E-state index contributed by atoms with van der Waals surface area (Å²) in [6.07, 6.45) is 0.101. The smallest absolute Gasteiger partial charge is 0.320 e. The van der Waals surface area contributed by atoms with E-state index in [0.717, 1.165) is 0 Å². The number of esters is 1. The maximum atomic E-state index is 11.3. The fourth-order valence-corrected chi connectivity index (χ4v) is 0.882. The fourth-order valence-electron chi connectivity index (χ4n) is 0.882. The molecule has 1 unspecified atom stereocenters. The minimum atomic E-state index is -1.19. The number of ether oxygens (including phenoxy) is 1. The van der Waals surface area contributed by atoms with Crippen LogP contribution in [0.15, 0.2) is 0 Å². The number of rotatable bonds is 4. The van der Waals surface area contributed by atoms with Gasteiger partial charge in [-0.2, -0.15) is 0 Å². The van der Waals surface area contributed by atoms with Gasteiger partial charge in [0.25, 0.3) is 0 Å². The number of aliphatic carboxylic acids is 1. The Hall–Kier alpha value is -1.10. The van der Waals surface area contributed by atoms with Crippen molar-refractivity contribution in [1.29, 1.82) is 0 Å². The Kier molecular flexibility index (Phi) is 4.56. The molecule has 1 atom stereocenters. The lowest BCUT2D eigenvalue weighted by atomic mass is 10.1. The average Bonchev–Trinajstić information content (AvgIpc) is 1.95. The van der Waals surface area contributed by atoms with Crippen molar-refractivity contribution in [2.45, 2.75) is 32.8 Å². The molecule has 0 aliphatic carbocycles. The highest BCUT2D eigenvalue weighted by Gasteiger charge is 2.30. The van der Waals surface area contributed by atoms with E-state index in [0.29, 0.717) is 0 Å². The summed E-state index contributed by atoms with van der Waals surface area (Å²) in [5, 5.41) is 8.72. The van der Waals surface area contributed by atoms with Gasteiger partial charge in [-0.05, 0) is 33.7 Å². The van der Waals surface area contributed by atoms with Crippen LogP contribution in [0.5, 0.6) is 0 Å². The first-order valence-corrected chi connectivity index (χ1v) is 4.43. The van der Waals surface area contributed by atoms with Gasteiger partial charge in [0.15, 0.2) is 5.92 Å². The minimum absolute atomic E-state index is 0.101. The van der Waals surface area contributed by atoms with Gasteiger partial charge in [0.2, 0.25) is 0 Å². The molecule has 0 aliphatic rings. The van der Waals surface area contributed by atoms with Gasteiger partial charge in [0.1, 0.15) is 5.60 Å². The van der Waals surface area contributed by atoms with E-state index in [1.165, 1.54) is 0 Å². The van der Waals surface area contributed by atoms with Crippen LogP contribution in [0, 0.1) is 5.92 Å². The fraction of sp³-hybridized carbons (Fsp3) is 0.778. The van der Waals surface area contributed by atoms with Gasteiger partial charge in [-0.3, -0.25) is 9.59 Å². The van der Waals surface area contributed by atoms with Gasteiger partial charge < -0.3 is 15.6 Å². The van der Waals surface area contributed by atoms with Crippen LogP contribution >= 0.6 is 0 Å². The second-order valence-electron chi connectivity index (χ2n) is 4.00. The van der Waals surface area contributed by atoms with Crippen molar-refractivity contribution in [3.63, 3.8) is 0 Å². The summed E-state index contributed by atoms with van der Waals surface area (Å²) in [7, 11) is 0. The molecule has 0 bridgehead atoms. The summed E-state index contributed by atoms with van der Waals surface area (Å²) in [6, 6.07) is 0. The molecule has 0 spiro atoms. The van der Waals surface area contributed by atoms with Crippen molar-refractivity contribution in [2.75, 3.05) is 6.54 Å². The maximum Gasteiger partial charge on any atom is 0.320 e. The third kappa shape index (κ3) is 4.81. The Morgan fingerprint density at radius 1 is 1.43 bits per heavy atom. The number of carbonyl (C=O) groups is 2. The van der Waals surface area contributed by atoms with Crippen LogP contribution in [0.2, 0.25) is 0 Å². The van der Waals surface area contributed by atoms with Crippen molar-refractivity contribution in [3.05, 3.63) is 0 Å².